The van der Waals surface area contributed by atoms with Crippen molar-refractivity contribution in [2.75, 3.05) is 39.3 Å². The van der Waals surface area contributed by atoms with Crippen LogP contribution < -0.4 is 16.0 Å². The van der Waals surface area contributed by atoms with Crippen LogP contribution in [0.5, 0.6) is 0 Å². The molecule has 0 radical (unpaired) electrons. The van der Waals surface area contributed by atoms with E-state index in [-0.39, 0.29) is 35.5 Å². The molecular weight excluding hydrogens is 376 g/mol. The third kappa shape index (κ3) is 2.70. The highest BCUT2D eigenvalue weighted by molar-refractivity contribution is 7.14. The van der Waals surface area contributed by atoms with Gasteiger partial charge in [0.15, 0.2) is 0 Å². The molecule has 0 bridgehead atoms. The van der Waals surface area contributed by atoms with E-state index in [1.54, 1.807) is 11.3 Å². The Bertz CT molecular complexity index is 740. The summed E-state index contributed by atoms with van der Waals surface area (Å²) in [5.74, 6) is 0.0789. The number of thiophene rings is 1. The number of hydrogen-bond acceptors (Lipinski definition) is 5. The molecule has 0 saturated carbocycles. The Hall–Kier alpha value is -1.35. The second-order valence-electron chi connectivity index (χ2n) is 7.56. The first-order valence-electron chi connectivity index (χ1n) is 8.92. The Kier molecular flexibility index (Phi) is 4.42. The molecule has 7 nitrogen and oxygen atoms in total. The molecular formula is C17H23ClN4O3S. The number of fused-ring (bicyclic) bond motifs is 2. The van der Waals surface area contributed by atoms with Crippen LogP contribution in [-0.4, -0.2) is 61.7 Å². The van der Waals surface area contributed by atoms with Gasteiger partial charge in [-0.25, -0.2) is 4.79 Å². The van der Waals surface area contributed by atoms with Crippen LogP contribution in [0, 0.1) is 0 Å². The van der Waals surface area contributed by atoms with Gasteiger partial charge in [-0.2, -0.15) is 0 Å². The van der Waals surface area contributed by atoms with Crippen LogP contribution in [0.3, 0.4) is 0 Å². The molecule has 26 heavy (non-hydrogen) atoms. The molecule has 1 aromatic heterocycles. The average Bonchev–Trinajstić information content (AvgIpc) is 3.19. The molecule has 9 heteroatoms. The first-order chi connectivity index (χ1) is 12.1. The van der Waals surface area contributed by atoms with Crippen LogP contribution >= 0.6 is 23.7 Å². The second-order valence-corrected chi connectivity index (χ2v) is 8.61. The molecule has 5 rings (SSSR count). The fourth-order valence-electron chi connectivity index (χ4n) is 4.48. The van der Waals surface area contributed by atoms with E-state index in [1.165, 1.54) is 10.4 Å². The molecule has 3 amide bonds. The van der Waals surface area contributed by atoms with Gasteiger partial charge in [0.25, 0.3) is 5.91 Å². The summed E-state index contributed by atoms with van der Waals surface area (Å²) < 4.78 is 6.20. The first-order valence-corrected chi connectivity index (χ1v) is 9.74. The summed E-state index contributed by atoms with van der Waals surface area (Å²) in [5.41, 5.74) is 0.831. The van der Waals surface area contributed by atoms with Gasteiger partial charge in [-0.3, -0.25) is 4.79 Å². The molecule has 142 valence electrons. The van der Waals surface area contributed by atoms with Crippen LogP contribution in [0.15, 0.2) is 6.07 Å². The molecule has 0 unspecified atom stereocenters. The largest absolute Gasteiger partial charge is 0.369 e. The summed E-state index contributed by atoms with van der Waals surface area (Å²) in [6.07, 6.45) is 2.83. The maximum atomic E-state index is 12.9. The molecule has 5 heterocycles. The number of carbonyl (C=O) groups excluding carboxylic acids is 2. The third-order valence-electron chi connectivity index (χ3n) is 5.83. The third-order valence-corrected chi connectivity index (χ3v) is 7.19. The zero-order chi connectivity index (χ0) is 17.1. The first kappa shape index (κ1) is 18.0. The summed E-state index contributed by atoms with van der Waals surface area (Å²) in [6, 6.07) is 1.94. The number of carbonyl (C=O) groups is 2. The van der Waals surface area contributed by atoms with E-state index in [9.17, 15) is 9.59 Å². The maximum absolute atomic E-state index is 12.9. The van der Waals surface area contributed by atoms with Crippen molar-refractivity contribution in [3.63, 3.8) is 0 Å². The highest BCUT2D eigenvalue weighted by atomic mass is 35.5. The predicted molar refractivity (Wildman–Crippen MR) is 100 cm³/mol. The number of halogens is 1. The summed E-state index contributed by atoms with van der Waals surface area (Å²) in [4.78, 5) is 28.1. The highest BCUT2D eigenvalue weighted by Crippen LogP contribution is 2.44. The monoisotopic (exact) mass is 398 g/mol. The van der Waals surface area contributed by atoms with Gasteiger partial charge in [-0.15, -0.1) is 23.7 Å². The number of piperidine rings is 1. The molecule has 1 aromatic rings. The summed E-state index contributed by atoms with van der Waals surface area (Å²) in [6.45, 7) is 4.42. The average molecular weight is 399 g/mol. The molecule has 0 aromatic carbocycles. The highest BCUT2D eigenvalue weighted by Gasteiger charge is 2.50. The van der Waals surface area contributed by atoms with Gasteiger partial charge < -0.3 is 25.6 Å². The molecule has 3 N–H and O–H groups in total. The molecule has 3 saturated heterocycles. The van der Waals surface area contributed by atoms with Gasteiger partial charge in [0.05, 0.1) is 17.0 Å². The SMILES string of the molecule is Cl.O=C1NCC2(CN(C(=O)c3cc4c(s3)C3(CCNCC3)OCC4)C2)N1. The van der Waals surface area contributed by atoms with Crippen molar-refractivity contribution in [2.45, 2.75) is 30.4 Å². The minimum atomic E-state index is -0.261. The van der Waals surface area contributed by atoms with Crippen LogP contribution in [0.2, 0.25) is 0 Å². The van der Waals surface area contributed by atoms with Crippen LogP contribution in [0.1, 0.15) is 33.0 Å². The van der Waals surface area contributed by atoms with Crippen molar-refractivity contribution in [2.24, 2.45) is 0 Å². The van der Waals surface area contributed by atoms with Gasteiger partial charge in [-0.05, 0) is 44.0 Å². The lowest BCUT2D eigenvalue weighted by molar-refractivity contribution is -0.0771. The van der Waals surface area contributed by atoms with Gasteiger partial charge in [0.1, 0.15) is 5.60 Å². The lowest BCUT2D eigenvalue weighted by Crippen LogP contribution is -2.69. The van der Waals surface area contributed by atoms with Gasteiger partial charge in [0, 0.05) is 24.5 Å². The van der Waals surface area contributed by atoms with Gasteiger partial charge in [0.2, 0.25) is 0 Å². The number of rotatable bonds is 1. The van der Waals surface area contributed by atoms with E-state index < -0.39 is 0 Å². The second kappa shape index (κ2) is 6.37. The Morgan fingerprint density at radius 1 is 1.27 bits per heavy atom. The summed E-state index contributed by atoms with van der Waals surface area (Å²) in [7, 11) is 0. The van der Waals surface area contributed by atoms with Gasteiger partial charge in [-0.1, -0.05) is 0 Å². The topological polar surface area (TPSA) is 82.7 Å². The molecule has 0 atom stereocenters. The standard InChI is InChI=1S/C17H22N4O3S.ClH/c22-14(21-9-16(10-21)8-19-15(23)20-16)12-7-11-1-6-24-17(13(11)25-12)2-4-18-5-3-17;/h7,18H,1-6,8-10H2,(H2,19,20,23);1H. The molecule has 4 aliphatic heterocycles. The number of likely N-dealkylation sites (tertiary alicyclic amines) is 1. The smallest absolute Gasteiger partial charge is 0.315 e. The molecule has 2 spiro atoms. The Morgan fingerprint density at radius 3 is 2.73 bits per heavy atom. The van der Waals surface area contributed by atoms with Crippen LogP contribution in [-0.2, 0) is 16.8 Å². The molecule has 4 aliphatic rings. The fourth-order valence-corrected chi connectivity index (χ4v) is 5.86. The van der Waals surface area contributed by atoms with E-state index >= 15 is 0 Å². The zero-order valence-electron chi connectivity index (χ0n) is 14.4. The predicted octanol–water partition coefficient (Wildman–Crippen LogP) is 0.829. The van der Waals surface area contributed by atoms with E-state index in [1.807, 2.05) is 4.90 Å². The van der Waals surface area contributed by atoms with E-state index in [2.05, 4.69) is 22.0 Å². The van der Waals surface area contributed by atoms with E-state index in [0.29, 0.717) is 19.6 Å². The van der Waals surface area contributed by atoms with Crippen molar-refractivity contribution in [1.82, 2.24) is 20.9 Å². The Balaban J connectivity index is 0.00000168. The zero-order valence-corrected chi connectivity index (χ0v) is 16.1. The quantitative estimate of drug-likeness (QED) is 0.654. The number of urea groups is 1. The van der Waals surface area contributed by atoms with E-state index in [4.69, 9.17) is 4.74 Å². The number of nitrogens with one attached hydrogen (secondary N) is 3. The Morgan fingerprint density at radius 2 is 2.04 bits per heavy atom. The minimum absolute atomic E-state index is 0. The number of amides is 3. The van der Waals surface area contributed by atoms with Gasteiger partial charge >= 0.3 is 6.03 Å². The summed E-state index contributed by atoms with van der Waals surface area (Å²) >= 11 is 1.61. The van der Waals surface area contributed by atoms with Crippen molar-refractivity contribution in [3.05, 3.63) is 21.4 Å². The van der Waals surface area contributed by atoms with Crippen molar-refractivity contribution in [3.8, 4) is 0 Å². The molecule has 0 aliphatic carbocycles. The lowest BCUT2D eigenvalue weighted by atomic mass is 9.86. The number of ether oxygens (including phenoxy) is 1. The van der Waals surface area contributed by atoms with Crippen LogP contribution in [0.4, 0.5) is 4.79 Å². The lowest BCUT2D eigenvalue weighted by Gasteiger charge is -2.46. The number of nitrogens with zero attached hydrogens (tertiary/aromatic N) is 1. The van der Waals surface area contributed by atoms with Crippen molar-refractivity contribution < 1.29 is 14.3 Å². The maximum Gasteiger partial charge on any atom is 0.315 e. The van der Waals surface area contributed by atoms with Crippen LogP contribution in [0.25, 0.3) is 0 Å². The number of hydrogen-bond donors (Lipinski definition) is 3. The fraction of sp³-hybridized carbons (Fsp3) is 0.647. The summed E-state index contributed by atoms with van der Waals surface area (Å²) in [5, 5.41) is 9.11. The van der Waals surface area contributed by atoms with Crippen molar-refractivity contribution in [1.29, 1.82) is 0 Å². The normalized spacial score (nSPS) is 25.1. The minimum Gasteiger partial charge on any atom is -0.369 e. The van der Waals surface area contributed by atoms with Crippen molar-refractivity contribution >= 4 is 35.7 Å². The van der Waals surface area contributed by atoms with E-state index in [0.717, 1.165) is 43.8 Å². The molecule has 3 fully saturated rings. The Labute approximate surface area is 162 Å².